The highest BCUT2D eigenvalue weighted by Gasteiger charge is 2.13. The zero-order chi connectivity index (χ0) is 11.0. The van der Waals surface area contributed by atoms with Crippen LogP contribution in [0.15, 0.2) is 16.7 Å². The average Bonchev–Trinajstić information content (AvgIpc) is 2.60. The van der Waals surface area contributed by atoms with E-state index in [1.165, 1.54) is 17.7 Å². The normalized spacial score (nSPS) is 10.6. The molecule has 0 saturated carbocycles. The molecule has 0 radical (unpaired) electrons. The van der Waals surface area contributed by atoms with Crippen LogP contribution in [0.3, 0.4) is 0 Å². The number of hydrogen-bond acceptors (Lipinski definition) is 4. The third-order valence-corrected chi connectivity index (χ3v) is 2.61. The first-order chi connectivity index (χ1) is 7.13. The molecule has 2 heterocycles. The summed E-state index contributed by atoms with van der Waals surface area (Å²) in [4.78, 5) is 15.3. The van der Waals surface area contributed by atoms with Crippen LogP contribution in [0.25, 0.3) is 5.65 Å². The van der Waals surface area contributed by atoms with E-state index in [0.29, 0.717) is 15.3 Å². The minimum Gasteiger partial charge on any atom is -0.464 e. The maximum absolute atomic E-state index is 11.3. The van der Waals surface area contributed by atoms with Crippen LogP contribution in [0, 0.1) is 0 Å². The number of nitrogens with zero attached hydrogens (tertiary/aromatic N) is 3. The summed E-state index contributed by atoms with van der Waals surface area (Å²) in [6.45, 7) is 0. The van der Waals surface area contributed by atoms with Gasteiger partial charge in [-0.05, 0) is 15.9 Å². The molecular weight excluding hydrogens is 285 g/mol. The summed E-state index contributed by atoms with van der Waals surface area (Å²) in [5.74, 6) is -0.535. The molecule has 0 fully saturated rings. The Balaban J connectivity index is 2.70. The summed E-state index contributed by atoms with van der Waals surface area (Å²) in [5, 5.41) is 4.26. The number of carbonyl (C=O) groups excluding carboxylic acids is 1. The highest BCUT2D eigenvalue weighted by atomic mass is 79.9. The summed E-state index contributed by atoms with van der Waals surface area (Å²) in [7, 11) is 1.29. The van der Waals surface area contributed by atoms with Gasteiger partial charge in [-0.25, -0.2) is 14.3 Å². The molecule has 0 bridgehead atoms. The van der Waals surface area contributed by atoms with E-state index in [9.17, 15) is 4.79 Å². The predicted molar refractivity (Wildman–Crippen MR) is 57.0 cm³/mol. The van der Waals surface area contributed by atoms with E-state index in [1.54, 1.807) is 6.20 Å². The molecule has 5 nitrogen and oxygen atoms in total. The van der Waals surface area contributed by atoms with Gasteiger partial charge >= 0.3 is 5.97 Å². The zero-order valence-corrected chi connectivity index (χ0v) is 9.91. The van der Waals surface area contributed by atoms with Crippen molar-refractivity contribution in [3.05, 3.63) is 27.6 Å². The number of aromatic nitrogens is 3. The smallest absolute Gasteiger partial charge is 0.356 e. The highest BCUT2D eigenvalue weighted by molar-refractivity contribution is 9.10. The Morgan fingerprint density at radius 1 is 1.67 bits per heavy atom. The van der Waals surface area contributed by atoms with Gasteiger partial charge in [-0.3, -0.25) is 0 Å². The summed E-state index contributed by atoms with van der Waals surface area (Å²) >= 11 is 9.16. The molecule has 78 valence electrons. The van der Waals surface area contributed by atoms with Crippen molar-refractivity contribution < 1.29 is 9.53 Å². The molecule has 2 aromatic heterocycles. The molecule has 0 atom stereocenters. The number of ether oxygens (including phenoxy) is 1. The van der Waals surface area contributed by atoms with Crippen LogP contribution >= 0.6 is 27.5 Å². The van der Waals surface area contributed by atoms with Gasteiger partial charge < -0.3 is 4.74 Å². The Kier molecular flexibility index (Phi) is 2.62. The standard InChI is InChI=1S/C8H5BrClN3O2/c1-15-8(14)5-2-6(10)13-7(12-5)4(9)3-11-13/h2-3H,1H3. The first kappa shape index (κ1) is 10.4. The van der Waals surface area contributed by atoms with E-state index in [2.05, 4.69) is 30.7 Å². The van der Waals surface area contributed by atoms with Crippen molar-refractivity contribution in [2.24, 2.45) is 0 Å². The zero-order valence-electron chi connectivity index (χ0n) is 7.57. The lowest BCUT2D eigenvalue weighted by atomic mass is 10.4. The van der Waals surface area contributed by atoms with Gasteiger partial charge in [0.05, 0.1) is 17.8 Å². The van der Waals surface area contributed by atoms with Crippen molar-refractivity contribution in [2.75, 3.05) is 7.11 Å². The Bertz CT molecular complexity index is 540. The molecule has 0 unspecified atom stereocenters. The first-order valence-electron chi connectivity index (χ1n) is 3.91. The molecule has 2 aromatic rings. The number of halogens is 2. The quantitative estimate of drug-likeness (QED) is 0.595. The molecule has 15 heavy (non-hydrogen) atoms. The van der Waals surface area contributed by atoms with Gasteiger partial charge in [0.25, 0.3) is 0 Å². The SMILES string of the molecule is COC(=O)c1cc(Cl)n2ncc(Br)c2n1. The van der Waals surface area contributed by atoms with Crippen LogP contribution in [-0.4, -0.2) is 27.7 Å². The Hall–Kier alpha value is -1.14. The lowest BCUT2D eigenvalue weighted by Crippen LogP contribution is -2.06. The summed E-state index contributed by atoms with van der Waals surface area (Å²) in [6.07, 6.45) is 1.55. The molecule has 0 spiro atoms. The lowest BCUT2D eigenvalue weighted by molar-refractivity contribution is 0.0594. The number of hydrogen-bond donors (Lipinski definition) is 0. The van der Waals surface area contributed by atoms with Crippen molar-refractivity contribution in [2.45, 2.75) is 0 Å². The molecule has 0 aromatic carbocycles. The van der Waals surface area contributed by atoms with Crippen molar-refractivity contribution in [1.29, 1.82) is 0 Å². The fraction of sp³-hybridized carbons (Fsp3) is 0.125. The van der Waals surface area contributed by atoms with Crippen molar-refractivity contribution in [3.8, 4) is 0 Å². The van der Waals surface area contributed by atoms with Crippen LogP contribution in [0.1, 0.15) is 10.5 Å². The predicted octanol–water partition coefficient (Wildman–Crippen LogP) is 1.93. The summed E-state index contributed by atoms with van der Waals surface area (Å²) in [5.41, 5.74) is 0.624. The highest BCUT2D eigenvalue weighted by Crippen LogP contribution is 2.20. The van der Waals surface area contributed by atoms with E-state index in [1.807, 2.05) is 0 Å². The van der Waals surface area contributed by atoms with Gasteiger partial charge in [-0.1, -0.05) is 11.6 Å². The number of rotatable bonds is 1. The fourth-order valence-electron chi connectivity index (χ4n) is 1.11. The molecule has 0 aliphatic carbocycles. The second kappa shape index (κ2) is 3.79. The van der Waals surface area contributed by atoms with E-state index >= 15 is 0 Å². The topological polar surface area (TPSA) is 56.5 Å². The Morgan fingerprint density at radius 2 is 2.40 bits per heavy atom. The molecule has 0 amide bonds. The van der Waals surface area contributed by atoms with Crippen molar-refractivity contribution >= 4 is 39.1 Å². The van der Waals surface area contributed by atoms with Gasteiger partial charge in [0.2, 0.25) is 0 Å². The van der Waals surface area contributed by atoms with Crippen LogP contribution in [0.4, 0.5) is 0 Å². The second-order valence-electron chi connectivity index (χ2n) is 2.68. The molecule has 0 saturated heterocycles. The molecule has 0 aliphatic rings. The molecular formula is C8H5BrClN3O2. The van der Waals surface area contributed by atoms with E-state index in [0.717, 1.165) is 0 Å². The van der Waals surface area contributed by atoms with Crippen molar-refractivity contribution in [3.63, 3.8) is 0 Å². The Morgan fingerprint density at radius 3 is 3.07 bits per heavy atom. The molecule has 7 heteroatoms. The summed E-state index contributed by atoms with van der Waals surface area (Å²) < 4.78 is 6.63. The lowest BCUT2D eigenvalue weighted by Gasteiger charge is -2.01. The molecule has 0 aliphatic heterocycles. The summed E-state index contributed by atoms with van der Waals surface area (Å²) in [6, 6.07) is 1.40. The van der Waals surface area contributed by atoms with Gasteiger partial charge in [0.1, 0.15) is 5.15 Å². The largest absolute Gasteiger partial charge is 0.464 e. The number of carbonyl (C=O) groups is 1. The minimum atomic E-state index is -0.535. The van der Waals surface area contributed by atoms with Gasteiger partial charge in [0, 0.05) is 6.07 Å². The first-order valence-corrected chi connectivity index (χ1v) is 5.08. The molecule has 0 N–H and O–H groups in total. The van der Waals surface area contributed by atoms with Crippen molar-refractivity contribution in [1.82, 2.24) is 14.6 Å². The van der Waals surface area contributed by atoms with Crippen LogP contribution in [-0.2, 0) is 4.74 Å². The van der Waals surface area contributed by atoms with Crippen LogP contribution in [0.5, 0.6) is 0 Å². The maximum Gasteiger partial charge on any atom is 0.356 e. The number of esters is 1. The Labute approximate surface area is 98.1 Å². The maximum atomic E-state index is 11.3. The van der Waals surface area contributed by atoms with E-state index in [4.69, 9.17) is 11.6 Å². The monoisotopic (exact) mass is 289 g/mol. The minimum absolute atomic E-state index is 0.149. The van der Waals surface area contributed by atoms with E-state index < -0.39 is 5.97 Å². The number of fused-ring (bicyclic) bond motifs is 1. The third kappa shape index (κ3) is 1.70. The fourth-order valence-corrected chi connectivity index (χ4v) is 1.68. The van der Waals surface area contributed by atoms with Gasteiger partial charge in [0.15, 0.2) is 11.3 Å². The van der Waals surface area contributed by atoms with E-state index in [-0.39, 0.29) is 5.69 Å². The average molecular weight is 291 g/mol. The van der Waals surface area contributed by atoms with Crippen LogP contribution in [0.2, 0.25) is 5.15 Å². The van der Waals surface area contributed by atoms with Crippen LogP contribution < -0.4 is 0 Å². The van der Waals surface area contributed by atoms with Gasteiger partial charge in [-0.2, -0.15) is 5.10 Å². The molecule has 2 rings (SSSR count). The second-order valence-corrected chi connectivity index (χ2v) is 3.93. The van der Waals surface area contributed by atoms with Gasteiger partial charge in [-0.15, -0.1) is 0 Å². The number of methoxy groups -OCH3 is 1. The third-order valence-electron chi connectivity index (χ3n) is 1.78.